The van der Waals surface area contributed by atoms with Crippen LogP contribution in [0, 0.1) is 0 Å². The number of rotatable bonds is 15. The Morgan fingerprint density at radius 2 is 1.30 bits per heavy atom. The maximum atomic E-state index is 10.2. The fourth-order valence-electron chi connectivity index (χ4n) is 2.06. The summed E-state index contributed by atoms with van der Waals surface area (Å²) in [6.07, 6.45) is 2.52. The van der Waals surface area contributed by atoms with Crippen LogP contribution in [-0.4, -0.2) is 89.7 Å². The van der Waals surface area contributed by atoms with Crippen molar-refractivity contribution < 1.29 is 33.6 Å². The number of ether oxygens (including phenoxy) is 5. The summed E-state index contributed by atoms with van der Waals surface area (Å²) in [5.41, 5.74) is 0. The van der Waals surface area contributed by atoms with Crippen molar-refractivity contribution >= 4 is 5.97 Å². The Balaban J connectivity index is 1.69. The fraction of sp³-hybridized carbons (Fsp3) is 0.933. The zero-order valence-electron chi connectivity index (χ0n) is 13.7. The first kappa shape index (κ1) is 20.3. The molecule has 8 nitrogen and oxygen atoms in total. The van der Waals surface area contributed by atoms with Crippen molar-refractivity contribution in [3.8, 4) is 0 Å². The Kier molecular flexibility index (Phi) is 13.0. The summed E-state index contributed by atoms with van der Waals surface area (Å²) in [6.45, 7) is 5.62. The lowest BCUT2D eigenvalue weighted by molar-refractivity contribution is -0.142. The highest BCUT2D eigenvalue weighted by Gasteiger charge is 2.12. The molecule has 2 N–H and O–H groups in total. The van der Waals surface area contributed by atoms with Crippen molar-refractivity contribution in [2.45, 2.75) is 18.9 Å². The molecule has 0 unspecified atom stereocenters. The Morgan fingerprint density at radius 3 is 1.83 bits per heavy atom. The minimum absolute atomic E-state index is 0.270. The molecule has 23 heavy (non-hydrogen) atoms. The van der Waals surface area contributed by atoms with E-state index in [0.717, 1.165) is 25.9 Å². The largest absolute Gasteiger partial charge is 0.480 e. The van der Waals surface area contributed by atoms with Gasteiger partial charge in [-0.3, -0.25) is 0 Å². The summed E-state index contributed by atoms with van der Waals surface area (Å²) in [5.74, 6) is -0.977. The Bertz CT molecular complexity index is 285. The van der Waals surface area contributed by atoms with Crippen LogP contribution >= 0.6 is 0 Å². The van der Waals surface area contributed by atoms with E-state index in [4.69, 9.17) is 28.8 Å². The lowest BCUT2D eigenvalue weighted by atomic mass is 10.1. The van der Waals surface area contributed by atoms with Gasteiger partial charge in [0.25, 0.3) is 0 Å². The van der Waals surface area contributed by atoms with Crippen LogP contribution in [0.25, 0.3) is 0 Å². The molecule has 0 aromatic rings. The molecule has 136 valence electrons. The number of carboxylic acids is 1. The quantitative estimate of drug-likeness (QED) is 0.401. The molecule has 0 aromatic carbocycles. The van der Waals surface area contributed by atoms with Crippen LogP contribution < -0.4 is 5.32 Å². The molecule has 0 radical (unpaired) electrons. The van der Waals surface area contributed by atoms with Crippen LogP contribution in [0.4, 0.5) is 0 Å². The molecule has 1 rings (SSSR count). The average Bonchev–Trinajstić information content (AvgIpc) is 2.56. The molecular weight excluding hydrogens is 306 g/mol. The van der Waals surface area contributed by atoms with Gasteiger partial charge in [-0.2, -0.15) is 0 Å². The lowest BCUT2D eigenvalue weighted by Gasteiger charge is -2.22. The van der Waals surface area contributed by atoms with Gasteiger partial charge in [-0.05, 0) is 25.9 Å². The van der Waals surface area contributed by atoms with Crippen LogP contribution in [0.3, 0.4) is 0 Å². The van der Waals surface area contributed by atoms with E-state index >= 15 is 0 Å². The topological polar surface area (TPSA) is 95.5 Å². The van der Waals surface area contributed by atoms with E-state index in [1.54, 1.807) is 0 Å². The third kappa shape index (κ3) is 13.4. The van der Waals surface area contributed by atoms with Gasteiger partial charge in [0.1, 0.15) is 6.61 Å². The zero-order chi connectivity index (χ0) is 16.6. The van der Waals surface area contributed by atoms with Crippen molar-refractivity contribution in [1.29, 1.82) is 0 Å². The first-order chi connectivity index (χ1) is 11.3. The second kappa shape index (κ2) is 14.8. The molecule has 0 amide bonds. The second-order valence-electron chi connectivity index (χ2n) is 5.10. The minimum atomic E-state index is -0.977. The summed E-state index contributed by atoms with van der Waals surface area (Å²) >= 11 is 0. The molecule has 0 aromatic heterocycles. The third-order valence-corrected chi connectivity index (χ3v) is 3.21. The smallest absolute Gasteiger partial charge is 0.329 e. The van der Waals surface area contributed by atoms with E-state index in [2.05, 4.69) is 5.32 Å². The number of piperidine rings is 1. The van der Waals surface area contributed by atoms with Gasteiger partial charge in [-0.25, -0.2) is 4.79 Å². The summed E-state index contributed by atoms with van der Waals surface area (Å²) in [4.78, 5) is 10.2. The van der Waals surface area contributed by atoms with E-state index in [-0.39, 0.29) is 13.2 Å². The maximum Gasteiger partial charge on any atom is 0.329 e. The van der Waals surface area contributed by atoms with Crippen molar-refractivity contribution in [2.75, 3.05) is 72.6 Å². The van der Waals surface area contributed by atoms with Gasteiger partial charge in [0.05, 0.1) is 59.0 Å². The van der Waals surface area contributed by atoms with Crippen molar-refractivity contribution in [3.63, 3.8) is 0 Å². The highest BCUT2D eigenvalue weighted by molar-refractivity contribution is 5.67. The van der Waals surface area contributed by atoms with E-state index in [1.807, 2.05) is 0 Å². The predicted octanol–water partition coefficient (Wildman–Crippen LogP) is -0.0940. The van der Waals surface area contributed by atoms with Crippen molar-refractivity contribution in [1.82, 2.24) is 5.32 Å². The van der Waals surface area contributed by atoms with Crippen LogP contribution in [0.15, 0.2) is 0 Å². The SMILES string of the molecule is O=C(O)COCCOCCOCCOCCOC1CCNCC1. The zero-order valence-corrected chi connectivity index (χ0v) is 13.7. The highest BCUT2D eigenvalue weighted by atomic mass is 16.6. The van der Waals surface area contributed by atoms with Crippen LogP contribution in [0.5, 0.6) is 0 Å². The molecule has 1 saturated heterocycles. The monoisotopic (exact) mass is 335 g/mol. The van der Waals surface area contributed by atoms with Crippen LogP contribution in [0.1, 0.15) is 12.8 Å². The Morgan fingerprint density at radius 1 is 0.826 bits per heavy atom. The second-order valence-corrected chi connectivity index (χ2v) is 5.10. The van der Waals surface area contributed by atoms with Crippen LogP contribution in [-0.2, 0) is 28.5 Å². The maximum absolute atomic E-state index is 10.2. The molecule has 8 heteroatoms. The molecule has 0 aliphatic carbocycles. The summed E-state index contributed by atoms with van der Waals surface area (Å²) in [5, 5.41) is 11.6. The molecule has 1 heterocycles. The molecule has 1 aliphatic rings. The van der Waals surface area contributed by atoms with E-state index in [9.17, 15) is 4.79 Å². The summed E-state index contributed by atoms with van der Waals surface area (Å²) < 4.78 is 26.5. The molecule has 0 saturated carbocycles. The summed E-state index contributed by atoms with van der Waals surface area (Å²) in [7, 11) is 0. The molecule has 0 spiro atoms. The molecule has 0 bridgehead atoms. The average molecular weight is 335 g/mol. The van der Waals surface area contributed by atoms with Gasteiger partial charge in [0.15, 0.2) is 0 Å². The fourth-order valence-corrected chi connectivity index (χ4v) is 2.06. The highest BCUT2D eigenvalue weighted by Crippen LogP contribution is 2.06. The number of carbonyl (C=O) groups is 1. The van der Waals surface area contributed by atoms with Gasteiger partial charge >= 0.3 is 5.97 Å². The first-order valence-corrected chi connectivity index (χ1v) is 8.14. The number of hydrogen-bond donors (Lipinski definition) is 2. The molecule has 1 aliphatic heterocycles. The van der Waals surface area contributed by atoms with E-state index < -0.39 is 5.97 Å². The predicted molar refractivity (Wildman–Crippen MR) is 82.8 cm³/mol. The number of aliphatic carboxylic acids is 1. The van der Waals surface area contributed by atoms with Crippen molar-refractivity contribution in [3.05, 3.63) is 0 Å². The molecule has 0 atom stereocenters. The number of carboxylic acid groups (broad SMARTS) is 1. The molecule has 1 fully saturated rings. The van der Waals surface area contributed by atoms with Crippen molar-refractivity contribution in [2.24, 2.45) is 0 Å². The number of hydrogen-bond acceptors (Lipinski definition) is 7. The third-order valence-electron chi connectivity index (χ3n) is 3.21. The van der Waals surface area contributed by atoms with Gasteiger partial charge in [0, 0.05) is 0 Å². The Labute approximate surface area is 137 Å². The van der Waals surface area contributed by atoms with E-state index in [0.29, 0.717) is 52.4 Å². The van der Waals surface area contributed by atoms with Gasteiger partial charge in [-0.15, -0.1) is 0 Å². The number of nitrogens with one attached hydrogen (secondary N) is 1. The van der Waals surface area contributed by atoms with Gasteiger partial charge in [-0.1, -0.05) is 0 Å². The summed E-state index contributed by atoms with van der Waals surface area (Å²) in [6, 6.07) is 0. The van der Waals surface area contributed by atoms with Crippen LogP contribution in [0.2, 0.25) is 0 Å². The normalized spacial score (nSPS) is 15.8. The van der Waals surface area contributed by atoms with Gasteiger partial charge < -0.3 is 34.1 Å². The lowest BCUT2D eigenvalue weighted by Crippen LogP contribution is -2.33. The Hall–Kier alpha value is -0.770. The standard InChI is InChI=1S/C15H29NO7/c17-15(18)13-22-10-9-20-6-5-19-7-8-21-11-12-23-14-1-3-16-4-2-14/h14,16H,1-13H2,(H,17,18). The first-order valence-electron chi connectivity index (χ1n) is 8.14. The van der Waals surface area contributed by atoms with Gasteiger partial charge in [0.2, 0.25) is 0 Å². The molecular formula is C15H29NO7. The van der Waals surface area contributed by atoms with E-state index in [1.165, 1.54) is 0 Å². The minimum Gasteiger partial charge on any atom is -0.480 e.